The number of aromatic nitrogens is 1. The molecule has 0 radical (unpaired) electrons. The van der Waals surface area contributed by atoms with Crippen LogP contribution in [0.3, 0.4) is 0 Å². The van der Waals surface area contributed by atoms with E-state index in [0.717, 1.165) is 33.1 Å². The molecule has 0 spiro atoms. The van der Waals surface area contributed by atoms with Crippen molar-refractivity contribution in [1.82, 2.24) is 9.47 Å². The minimum atomic E-state index is -0.719. The minimum Gasteiger partial charge on any atom is -0.378 e. The van der Waals surface area contributed by atoms with Crippen LogP contribution in [0.2, 0.25) is 0 Å². The summed E-state index contributed by atoms with van der Waals surface area (Å²) in [5.74, 6) is -0.719. The number of primary amides is 1. The fraction of sp³-hybridized carbons (Fsp3) is 0.217. The maximum Gasteiger partial charge on any atom is 0.259 e. The van der Waals surface area contributed by atoms with E-state index in [1.54, 1.807) is 6.92 Å². The highest BCUT2D eigenvalue weighted by Crippen LogP contribution is 2.25. The lowest BCUT2D eigenvalue weighted by Crippen LogP contribution is -2.24. The molecule has 1 heterocycles. The molecule has 0 aliphatic rings. The van der Waals surface area contributed by atoms with Crippen LogP contribution in [0.25, 0.3) is 29.5 Å². The highest BCUT2D eigenvalue weighted by atomic mass is 16.1. The van der Waals surface area contributed by atoms with Gasteiger partial charge in [0.1, 0.15) is 11.6 Å². The number of hydrogen-bond donors (Lipinski definition) is 1. The lowest BCUT2D eigenvalue weighted by Gasteiger charge is -2.13. The molecule has 0 saturated heterocycles. The Morgan fingerprint density at radius 2 is 1.96 bits per heavy atom. The third-order valence-corrected chi connectivity index (χ3v) is 4.79. The zero-order valence-electron chi connectivity index (χ0n) is 17.1. The monoisotopic (exact) mass is 374 g/mol. The molecule has 0 aliphatic carbocycles. The van der Waals surface area contributed by atoms with Gasteiger partial charge in [-0.25, -0.2) is 0 Å². The lowest BCUT2D eigenvalue weighted by molar-refractivity contribution is -0.114. The maximum atomic E-state index is 11.5. The number of nitrogens with two attached hydrogens (primary N) is 1. The zero-order valence-corrected chi connectivity index (χ0v) is 17.1. The molecule has 5 heteroatoms. The number of nitriles is 1. The van der Waals surface area contributed by atoms with Gasteiger partial charge in [0.15, 0.2) is 0 Å². The fourth-order valence-electron chi connectivity index (χ4n) is 3.17. The molecule has 1 amide bonds. The van der Waals surface area contributed by atoms with Crippen molar-refractivity contribution in [2.24, 2.45) is 12.8 Å². The second kappa shape index (κ2) is 8.45. The Hall–Kier alpha value is -3.52. The molecule has 2 rings (SSSR count). The predicted octanol–water partition coefficient (Wildman–Crippen LogP) is 2.13. The minimum absolute atomic E-state index is 0.0295. The predicted molar refractivity (Wildman–Crippen MR) is 115 cm³/mol. The van der Waals surface area contributed by atoms with Gasteiger partial charge in [0.05, 0.1) is 0 Å². The van der Waals surface area contributed by atoms with Gasteiger partial charge in [0.2, 0.25) is 0 Å². The smallest absolute Gasteiger partial charge is 0.259 e. The van der Waals surface area contributed by atoms with Crippen LogP contribution in [0.15, 0.2) is 47.7 Å². The average Bonchev–Trinajstić information content (AvgIpc) is 3.02. The quantitative estimate of drug-likeness (QED) is 0.643. The van der Waals surface area contributed by atoms with Crippen LogP contribution in [-0.2, 0) is 11.8 Å². The van der Waals surface area contributed by atoms with E-state index in [0.29, 0.717) is 5.57 Å². The van der Waals surface area contributed by atoms with Crippen LogP contribution in [0.1, 0.15) is 19.5 Å². The van der Waals surface area contributed by atoms with Gasteiger partial charge in [0.25, 0.3) is 5.91 Å². The molecule has 2 aromatic rings. The summed E-state index contributed by atoms with van der Waals surface area (Å²) in [6.07, 6.45) is 4.15. The summed E-state index contributed by atoms with van der Waals surface area (Å²) in [4.78, 5) is 13.5. The van der Waals surface area contributed by atoms with Crippen LogP contribution >= 0.6 is 0 Å². The SMILES string of the molecule is C=c1cc(-c2ccc(/C(C)=C(\C#N)C(N)=O)n2C)cc/c1=C/C(=CC)N(C)C. The molecule has 1 aromatic heterocycles. The Labute approximate surface area is 166 Å². The number of benzene rings is 1. The summed E-state index contributed by atoms with van der Waals surface area (Å²) >= 11 is 0. The van der Waals surface area contributed by atoms with Crippen molar-refractivity contribution >= 4 is 24.1 Å². The number of allylic oxidation sites excluding steroid dienone is 3. The van der Waals surface area contributed by atoms with E-state index in [9.17, 15) is 10.1 Å². The van der Waals surface area contributed by atoms with Gasteiger partial charge >= 0.3 is 0 Å². The summed E-state index contributed by atoms with van der Waals surface area (Å²) in [7, 11) is 5.91. The van der Waals surface area contributed by atoms with Gasteiger partial charge in [-0.1, -0.05) is 24.8 Å². The molecule has 0 bridgehead atoms. The van der Waals surface area contributed by atoms with E-state index < -0.39 is 5.91 Å². The zero-order chi connectivity index (χ0) is 21.0. The number of rotatable bonds is 5. The van der Waals surface area contributed by atoms with Crippen molar-refractivity contribution in [2.45, 2.75) is 13.8 Å². The number of nitrogens with zero attached hydrogens (tertiary/aromatic N) is 3. The number of carbonyl (C=O) groups excluding carboxylic acids is 1. The fourth-order valence-corrected chi connectivity index (χ4v) is 3.17. The Morgan fingerprint density at radius 3 is 2.46 bits per heavy atom. The molecule has 0 fully saturated rings. The van der Waals surface area contributed by atoms with Crippen LogP contribution in [0.4, 0.5) is 0 Å². The van der Waals surface area contributed by atoms with Gasteiger partial charge in [-0.3, -0.25) is 4.79 Å². The van der Waals surface area contributed by atoms with Gasteiger partial charge in [-0.15, -0.1) is 0 Å². The van der Waals surface area contributed by atoms with Gasteiger partial charge in [-0.05, 0) is 59.7 Å². The van der Waals surface area contributed by atoms with Crippen LogP contribution in [-0.4, -0.2) is 29.5 Å². The summed E-state index contributed by atoms with van der Waals surface area (Å²) < 4.78 is 1.95. The molecule has 1 aromatic carbocycles. The molecule has 0 atom stereocenters. The molecule has 0 unspecified atom stereocenters. The van der Waals surface area contributed by atoms with Crippen molar-refractivity contribution in [3.8, 4) is 17.3 Å². The normalized spacial score (nSPS) is 13.1. The summed E-state index contributed by atoms with van der Waals surface area (Å²) in [5.41, 5.74) is 9.70. The van der Waals surface area contributed by atoms with Crippen molar-refractivity contribution in [3.63, 3.8) is 0 Å². The van der Waals surface area contributed by atoms with Gasteiger partial charge < -0.3 is 15.2 Å². The maximum absolute atomic E-state index is 11.5. The van der Waals surface area contributed by atoms with E-state index in [-0.39, 0.29) is 5.57 Å². The molecule has 5 nitrogen and oxygen atoms in total. The largest absolute Gasteiger partial charge is 0.378 e. The highest BCUT2D eigenvalue weighted by Gasteiger charge is 2.14. The third kappa shape index (κ3) is 4.07. The first-order valence-electron chi connectivity index (χ1n) is 8.92. The molecular weight excluding hydrogens is 348 g/mol. The number of hydrogen-bond acceptors (Lipinski definition) is 3. The van der Waals surface area contributed by atoms with Crippen molar-refractivity contribution < 1.29 is 4.79 Å². The van der Waals surface area contributed by atoms with E-state index in [1.165, 1.54) is 0 Å². The first kappa shape index (κ1) is 20.8. The van der Waals surface area contributed by atoms with E-state index in [2.05, 4.69) is 23.6 Å². The standard InChI is InChI=1S/C23H26N4O/c1-7-19(26(4)5)13-17-8-9-18(12-15(17)2)22-11-10-21(27(22)6)16(3)20(14-24)23(25)28/h7-13H,2H2,1,3-6H3,(H2,25,28)/b17-13-,19-7?,20-16+. The average molecular weight is 374 g/mol. The molecule has 2 N–H and O–H groups in total. The topological polar surface area (TPSA) is 75.0 Å². The summed E-state index contributed by atoms with van der Waals surface area (Å²) in [6.45, 7) is 7.92. The summed E-state index contributed by atoms with van der Waals surface area (Å²) in [6, 6.07) is 11.9. The highest BCUT2D eigenvalue weighted by molar-refractivity contribution is 6.03. The molecule has 0 aliphatic heterocycles. The van der Waals surface area contributed by atoms with Crippen molar-refractivity contribution in [2.75, 3.05) is 14.1 Å². The van der Waals surface area contributed by atoms with Crippen molar-refractivity contribution in [3.05, 3.63) is 63.8 Å². The second-order valence-corrected chi connectivity index (χ2v) is 6.80. The molecule has 144 valence electrons. The molecular formula is C23H26N4O. The first-order chi connectivity index (χ1) is 13.2. The molecule has 28 heavy (non-hydrogen) atoms. The van der Waals surface area contributed by atoms with Gasteiger partial charge in [0, 0.05) is 38.2 Å². The van der Waals surface area contributed by atoms with E-state index in [4.69, 9.17) is 5.73 Å². The Morgan fingerprint density at radius 1 is 1.29 bits per heavy atom. The Balaban J connectivity index is 2.55. The summed E-state index contributed by atoms with van der Waals surface area (Å²) in [5, 5.41) is 11.2. The van der Waals surface area contributed by atoms with E-state index >= 15 is 0 Å². The lowest BCUT2D eigenvalue weighted by atomic mass is 10.1. The van der Waals surface area contributed by atoms with Gasteiger partial charge in [-0.2, -0.15) is 5.26 Å². The molecule has 0 saturated carbocycles. The number of amides is 1. The first-order valence-corrected chi connectivity index (χ1v) is 8.92. The van der Waals surface area contributed by atoms with Crippen molar-refractivity contribution in [1.29, 1.82) is 5.26 Å². The van der Waals surface area contributed by atoms with E-state index in [1.807, 2.05) is 69.0 Å². The van der Waals surface area contributed by atoms with Crippen LogP contribution in [0.5, 0.6) is 0 Å². The Bertz CT molecular complexity index is 1120. The number of carbonyl (C=O) groups is 1. The second-order valence-electron chi connectivity index (χ2n) is 6.80. The third-order valence-electron chi connectivity index (χ3n) is 4.79. The Kier molecular flexibility index (Phi) is 6.27. The van der Waals surface area contributed by atoms with Crippen LogP contribution < -0.4 is 16.2 Å². The van der Waals surface area contributed by atoms with Crippen LogP contribution in [0, 0.1) is 11.3 Å².